The topological polar surface area (TPSA) is 55.3 Å². The molecular formula is C12H21N3. The van der Waals surface area contributed by atoms with Gasteiger partial charge in [-0.15, -0.1) is 0 Å². The van der Waals surface area contributed by atoms with E-state index in [4.69, 9.17) is 11.5 Å². The van der Waals surface area contributed by atoms with Crippen LogP contribution in [0.2, 0.25) is 0 Å². The highest BCUT2D eigenvalue weighted by Crippen LogP contribution is 2.31. The van der Waals surface area contributed by atoms with Crippen LogP contribution in [0.25, 0.3) is 0 Å². The second-order valence-electron chi connectivity index (χ2n) is 4.85. The van der Waals surface area contributed by atoms with Gasteiger partial charge < -0.3 is 16.4 Å². The van der Waals surface area contributed by atoms with Gasteiger partial charge >= 0.3 is 0 Å². The summed E-state index contributed by atoms with van der Waals surface area (Å²) < 4.78 is 0. The third-order valence-corrected chi connectivity index (χ3v) is 3.82. The average Bonchev–Trinajstić information content (AvgIpc) is 2.23. The predicted molar refractivity (Wildman–Crippen MR) is 63.4 cm³/mol. The fourth-order valence-corrected chi connectivity index (χ4v) is 2.60. The molecule has 2 aliphatic rings. The van der Waals surface area contributed by atoms with Gasteiger partial charge in [0.25, 0.3) is 0 Å². The van der Waals surface area contributed by atoms with Crippen LogP contribution in [0.3, 0.4) is 0 Å². The Morgan fingerprint density at radius 2 is 1.93 bits per heavy atom. The zero-order valence-corrected chi connectivity index (χ0v) is 9.39. The van der Waals surface area contributed by atoms with Gasteiger partial charge in [-0.05, 0) is 38.9 Å². The summed E-state index contributed by atoms with van der Waals surface area (Å²) >= 11 is 0. The average molecular weight is 207 g/mol. The number of likely N-dealkylation sites (tertiary alicyclic amines) is 1. The maximum absolute atomic E-state index is 6.44. The molecule has 0 spiro atoms. The molecule has 4 N–H and O–H groups in total. The number of nitrogens with zero attached hydrogens (tertiary/aromatic N) is 1. The van der Waals surface area contributed by atoms with Gasteiger partial charge in [-0.3, -0.25) is 0 Å². The van der Waals surface area contributed by atoms with E-state index < -0.39 is 0 Å². The predicted octanol–water partition coefficient (Wildman–Crippen LogP) is 0.479. The quantitative estimate of drug-likeness (QED) is 0.657. The maximum atomic E-state index is 6.44. The van der Waals surface area contributed by atoms with Gasteiger partial charge in [0.05, 0.1) is 5.54 Å². The van der Waals surface area contributed by atoms with Crippen LogP contribution in [0.1, 0.15) is 12.8 Å². The Labute approximate surface area is 91.8 Å². The van der Waals surface area contributed by atoms with E-state index in [-0.39, 0.29) is 11.6 Å². The molecule has 2 rings (SSSR count). The van der Waals surface area contributed by atoms with Crippen LogP contribution >= 0.6 is 0 Å². The van der Waals surface area contributed by atoms with Crippen molar-refractivity contribution in [2.75, 3.05) is 20.1 Å². The molecule has 0 aromatic carbocycles. The molecule has 0 bridgehead atoms. The first-order chi connectivity index (χ1) is 7.13. The van der Waals surface area contributed by atoms with E-state index >= 15 is 0 Å². The fourth-order valence-electron chi connectivity index (χ4n) is 2.60. The van der Waals surface area contributed by atoms with Crippen molar-refractivity contribution in [3.8, 4) is 0 Å². The minimum Gasteiger partial charge on any atom is -0.323 e. The molecule has 1 heterocycles. The monoisotopic (exact) mass is 207 g/mol. The molecule has 1 aliphatic carbocycles. The van der Waals surface area contributed by atoms with Gasteiger partial charge in [-0.1, -0.05) is 24.3 Å². The molecule has 84 valence electrons. The van der Waals surface area contributed by atoms with E-state index in [1.165, 1.54) is 0 Å². The largest absolute Gasteiger partial charge is 0.323 e. The Morgan fingerprint density at radius 1 is 1.27 bits per heavy atom. The summed E-state index contributed by atoms with van der Waals surface area (Å²) in [5.74, 6) is 0.518. The van der Waals surface area contributed by atoms with Crippen molar-refractivity contribution in [2.24, 2.45) is 17.4 Å². The van der Waals surface area contributed by atoms with Crippen LogP contribution in [0.4, 0.5) is 0 Å². The van der Waals surface area contributed by atoms with Crippen molar-refractivity contribution in [3.63, 3.8) is 0 Å². The van der Waals surface area contributed by atoms with Crippen molar-refractivity contribution in [1.82, 2.24) is 4.90 Å². The lowest BCUT2D eigenvalue weighted by Gasteiger charge is -2.43. The molecular weight excluding hydrogens is 186 g/mol. The number of nitrogens with two attached hydrogens (primary N) is 2. The van der Waals surface area contributed by atoms with Gasteiger partial charge in [-0.25, -0.2) is 0 Å². The summed E-state index contributed by atoms with van der Waals surface area (Å²) in [5.41, 5.74) is 12.2. The first kappa shape index (κ1) is 10.9. The summed E-state index contributed by atoms with van der Waals surface area (Å²) in [5, 5.41) is 0. The van der Waals surface area contributed by atoms with Crippen LogP contribution in [0, 0.1) is 5.92 Å². The summed E-state index contributed by atoms with van der Waals surface area (Å²) in [6.45, 7) is 2.27. The van der Waals surface area contributed by atoms with E-state index in [1.807, 2.05) is 18.2 Å². The summed E-state index contributed by atoms with van der Waals surface area (Å²) in [6.07, 6.45) is 10.4. The molecule has 2 unspecified atom stereocenters. The van der Waals surface area contributed by atoms with Gasteiger partial charge in [0.15, 0.2) is 0 Å². The normalized spacial score (nSPS) is 38.5. The third kappa shape index (κ3) is 2.00. The van der Waals surface area contributed by atoms with Crippen LogP contribution in [-0.4, -0.2) is 36.6 Å². The zero-order valence-electron chi connectivity index (χ0n) is 9.39. The first-order valence-corrected chi connectivity index (χ1v) is 5.72. The van der Waals surface area contributed by atoms with E-state index in [0.29, 0.717) is 5.92 Å². The molecule has 0 aromatic heterocycles. The zero-order chi connectivity index (χ0) is 10.9. The fraction of sp³-hybridized carbons (Fsp3) is 0.667. The molecule has 15 heavy (non-hydrogen) atoms. The molecule has 1 fully saturated rings. The molecule has 1 aliphatic heterocycles. The Morgan fingerprint density at radius 3 is 2.53 bits per heavy atom. The molecule has 0 radical (unpaired) electrons. The van der Waals surface area contributed by atoms with Crippen LogP contribution < -0.4 is 11.5 Å². The SMILES string of the molecule is CN1CCC(C2(N)C=CC=CC2N)CC1. The van der Waals surface area contributed by atoms with E-state index in [9.17, 15) is 0 Å². The van der Waals surface area contributed by atoms with Crippen LogP contribution in [0.5, 0.6) is 0 Å². The highest BCUT2D eigenvalue weighted by atomic mass is 15.1. The summed E-state index contributed by atoms with van der Waals surface area (Å²) in [6, 6.07) is -0.0316. The maximum Gasteiger partial charge on any atom is 0.0561 e. The third-order valence-electron chi connectivity index (χ3n) is 3.82. The Kier molecular flexibility index (Phi) is 2.96. The number of rotatable bonds is 1. The van der Waals surface area contributed by atoms with Gasteiger partial charge in [0, 0.05) is 6.04 Å². The highest BCUT2D eigenvalue weighted by molar-refractivity contribution is 5.27. The van der Waals surface area contributed by atoms with E-state index in [2.05, 4.69) is 18.0 Å². The van der Waals surface area contributed by atoms with Crippen LogP contribution in [0.15, 0.2) is 24.3 Å². The Balaban J connectivity index is 2.09. The van der Waals surface area contributed by atoms with E-state index in [1.54, 1.807) is 0 Å². The van der Waals surface area contributed by atoms with Crippen molar-refractivity contribution >= 4 is 0 Å². The molecule has 0 aromatic rings. The van der Waals surface area contributed by atoms with Gasteiger partial charge in [0.2, 0.25) is 0 Å². The van der Waals surface area contributed by atoms with Gasteiger partial charge in [-0.2, -0.15) is 0 Å². The summed E-state index contributed by atoms with van der Waals surface area (Å²) in [4.78, 5) is 2.35. The highest BCUT2D eigenvalue weighted by Gasteiger charge is 2.39. The molecule has 0 amide bonds. The second-order valence-corrected chi connectivity index (χ2v) is 4.85. The number of hydrogen-bond acceptors (Lipinski definition) is 3. The molecule has 3 heteroatoms. The minimum absolute atomic E-state index is 0.0316. The van der Waals surface area contributed by atoms with Crippen LogP contribution in [-0.2, 0) is 0 Å². The molecule has 1 saturated heterocycles. The Bertz CT molecular complexity index is 277. The number of hydrogen-bond donors (Lipinski definition) is 2. The second kappa shape index (κ2) is 4.08. The number of allylic oxidation sites excluding steroid dienone is 2. The van der Waals surface area contributed by atoms with Crippen molar-refractivity contribution in [3.05, 3.63) is 24.3 Å². The lowest BCUT2D eigenvalue weighted by atomic mass is 9.72. The molecule has 3 nitrogen and oxygen atoms in total. The van der Waals surface area contributed by atoms with E-state index in [0.717, 1.165) is 25.9 Å². The van der Waals surface area contributed by atoms with Crippen molar-refractivity contribution < 1.29 is 0 Å². The lowest BCUT2D eigenvalue weighted by Crippen LogP contribution is -2.60. The standard InChI is InChI=1S/C12H21N3/c1-15-8-5-10(6-9-15)12(14)7-3-2-4-11(12)13/h2-4,7,10-11H,5-6,8-9,13-14H2,1H3. The Hall–Kier alpha value is -0.640. The lowest BCUT2D eigenvalue weighted by molar-refractivity contribution is 0.163. The number of piperidine rings is 1. The minimum atomic E-state index is -0.323. The van der Waals surface area contributed by atoms with Crippen molar-refractivity contribution in [1.29, 1.82) is 0 Å². The first-order valence-electron chi connectivity index (χ1n) is 5.72. The summed E-state index contributed by atoms with van der Waals surface area (Å²) in [7, 11) is 2.16. The van der Waals surface area contributed by atoms with Crippen molar-refractivity contribution in [2.45, 2.75) is 24.4 Å². The molecule has 2 atom stereocenters. The van der Waals surface area contributed by atoms with Gasteiger partial charge in [0.1, 0.15) is 0 Å². The molecule has 0 saturated carbocycles. The smallest absolute Gasteiger partial charge is 0.0561 e.